The van der Waals surface area contributed by atoms with Gasteiger partial charge in [-0.1, -0.05) is 36.4 Å². The van der Waals surface area contributed by atoms with Gasteiger partial charge in [0, 0.05) is 18.2 Å². The van der Waals surface area contributed by atoms with Gasteiger partial charge in [-0.25, -0.2) is 14.9 Å². The van der Waals surface area contributed by atoms with Crippen molar-refractivity contribution in [2.45, 2.75) is 38.6 Å². The molecule has 2 aromatic rings. The van der Waals surface area contributed by atoms with E-state index in [-0.39, 0.29) is 5.54 Å². The van der Waals surface area contributed by atoms with Crippen molar-refractivity contribution in [3.63, 3.8) is 0 Å². The largest absolute Gasteiger partial charge is 0.488 e. The van der Waals surface area contributed by atoms with Gasteiger partial charge in [-0.15, -0.1) is 0 Å². The first kappa shape index (κ1) is 16.0. The van der Waals surface area contributed by atoms with Crippen molar-refractivity contribution in [3.05, 3.63) is 65.2 Å². The molecule has 0 saturated heterocycles. The molecule has 0 fully saturated rings. The Morgan fingerprint density at radius 2 is 1.72 bits per heavy atom. The molecule has 1 spiro atoms. The molecule has 0 bridgehead atoms. The van der Waals surface area contributed by atoms with Gasteiger partial charge in [-0.05, 0) is 38.5 Å². The van der Waals surface area contributed by atoms with Gasteiger partial charge in [0.25, 0.3) is 0 Å². The van der Waals surface area contributed by atoms with E-state index < -0.39 is 5.72 Å². The van der Waals surface area contributed by atoms with E-state index in [1.54, 1.807) is 5.06 Å². The maximum atomic E-state index is 6.37. The first-order valence-corrected chi connectivity index (χ1v) is 8.51. The lowest BCUT2D eigenvalue weighted by atomic mass is 9.91. The molecule has 0 aliphatic carbocycles. The Kier molecular flexibility index (Phi) is 3.51. The van der Waals surface area contributed by atoms with Gasteiger partial charge < -0.3 is 10.1 Å². The summed E-state index contributed by atoms with van der Waals surface area (Å²) in [7, 11) is 1.88. The fourth-order valence-corrected chi connectivity index (χ4v) is 3.29. The fourth-order valence-electron chi connectivity index (χ4n) is 3.29. The van der Waals surface area contributed by atoms with Crippen LogP contribution in [-0.2, 0) is 17.2 Å². The number of benzene rings is 2. The van der Waals surface area contributed by atoms with E-state index in [9.17, 15) is 0 Å². The Morgan fingerprint density at radius 3 is 2.48 bits per heavy atom. The van der Waals surface area contributed by atoms with Gasteiger partial charge in [-0.2, -0.15) is 0 Å². The second-order valence-corrected chi connectivity index (χ2v) is 7.49. The Morgan fingerprint density at radius 1 is 1.04 bits per heavy atom. The van der Waals surface area contributed by atoms with E-state index >= 15 is 0 Å². The number of para-hydroxylation sites is 1. The summed E-state index contributed by atoms with van der Waals surface area (Å²) >= 11 is 0. The van der Waals surface area contributed by atoms with Crippen molar-refractivity contribution in [3.8, 4) is 5.75 Å². The lowest BCUT2D eigenvalue weighted by molar-refractivity contribution is -0.153. The molecule has 1 atom stereocenters. The summed E-state index contributed by atoms with van der Waals surface area (Å²) in [5.74, 6) is 1.51. The van der Waals surface area contributed by atoms with Crippen molar-refractivity contribution >= 4 is 5.96 Å². The standard InChI is InChI=1S/C20H23N3O2/c1-19(2,3)21-18-22-20(25-23(18)4)15-10-6-5-9-14(15)13-24-17-12-8-7-11-16(17)20/h5-12H,13H2,1-4H3,(H,21,22). The molecule has 4 rings (SSSR count). The molecule has 5 nitrogen and oxygen atoms in total. The number of hydrogen-bond acceptors (Lipinski definition) is 5. The van der Waals surface area contributed by atoms with Crippen LogP contribution in [0.5, 0.6) is 5.75 Å². The van der Waals surface area contributed by atoms with Crippen LogP contribution in [0.15, 0.2) is 53.5 Å². The zero-order valence-corrected chi connectivity index (χ0v) is 15.0. The predicted octanol–water partition coefficient (Wildman–Crippen LogP) is 3.40. The molecule has 2 aliphatic rings. The summed E-state index contributed by atoms with van der Waals surface area (Å²) in [6.07, 6.45) is 0. The number of nitrogens with one attached hydrogen (secondary N) is 1. The summed E-state index contributed by atoms with van der Waals surface area (Å²) in [6.45, 7) is 6.81. The Balaban J connectivity index is 1.94. The molecule has 1 unspecified atom stereocenters. The maximum absolute atomic E-state index is 6.37. The molecular weight excluding hydrogens is 314 g/mol. The number of hydrogen-bond donors (Lipinski definition) is 1. The van der Waals surface area contributed by atoms with Crippen molar-refractivity contribution in [1.82, 2.24) is 10.4 Å². The predicted molar refractivity (Wildman–Crippen MR) is 97.2 cm³/mol. The molecule has 0 saturated carbocycles. The third kappa shape index (κ3) is 2.65. The first-order chi connectivity index (χ1) is 11.9. The molecule has 0 amide bonds. The third-order valence-electron chi connectivity index (χ3n) is 4.34. The summed E-state index contributed by atoms with van der Waals surface area (Å²) < 4.78 is 6.04. The Bertz CT molecular complexity index is 791. The second kappa shape index (κ2) is 5.49. The minimum Gasteiger partial charge on any atom is -0.488 e. The minimum absolute atomic E-state index is 0.123. The minimum atomic E-state index is -0.938. The lowest BCUT2D eigenvalue weighted by Crippen LogP contribution is -2.46. The zero-order chi connectivity index (χ0) is 17.7. The summed E-state index contributed by atoms with van der Waals surface area (Å²) in [6, 6.07) is 16.1. The zero-order valence-electron chi connectivity index (χ0n) is 15.0. The topological polar surface area (TPSA) is 46.1 Å². The highest BCUT2D eigenvalue weighted by atomic mass is 16.7. The van der Waals surface area contributed by atoms with Crippen LogP contribution < -0.4 is 10.1 Å². The van der Waals surface area contributed by atoms with Gasteiger partial charge in [0.1, 0.15) is 12.4 Å². The van der Waals surface area contributed by atoms with E-state index in [4.69, 9.17) is 14.6 Å². The van der Waals surface area contributed by atoms with E-state index in [0.717, 1.165) is 22.4 Å². The second-order valence-electron chi connectivity index (χ2n) is 7.49. The van der Waals surface area contributed by atoms with Crippen LogP contribution in [0, 0.1) is 0 Å². The van der Waals surface area contributed by atoms with Crippen LogP contribution in [0.3, 0.4) is 0 Å². The van der Waals surface area contributed by atoms with E-state index in [1.807, 2.05) is 43.4 Å². The smallest absolute Gasteiger partial charge is 0.243 e. The van der Waals surface area contributed by atoms with Crippen LogP contribution in [0.4, 0.5) is 0 Å². The monoisotopic (exact) mass is 337 g/mol. The molecule has 0 radical (unpaired) electrons. The number of fused-ring (bicyclic) bond motifs is 4. The van der Waals surface area contributed by atoms with Gasteiger partial charge >= 0.3 is 0 Å². The number of ether oxygens (including phenoxy) is 1. The SMILES string of the molecule is CN1OC2(N=C1NC(C)(C)C)c1ccccc1COc1ccccc12. The van der Waals surface area contributed by atoms with Crippen LogP contribution in [0.1, 0.15) is 37.5 Å². The van der Waals surface area contributed by atoms with Crippen LogP contribution in [-0.4, -0.2) is 23.6 Å². The summed E-state index contributed by atoms with van der Waals surface area (Å²) in [5.41, 5.74) is 1.94. The van der Waals surface area contributed by atoms with E-state index in [0.29, 0.717) is 12.6 Å². The molecule has 1 N–H and O–H groups in total. The molecule has 5 heteroatoms. The fraction of sp³-hybridized carbons (Fsp3) is 0.350. The van der Waals surface area contributed by atoms with Crippen LogP contribution in [0.2, 0.25) is 0 Å². The number of hydroxylamine groups is 2. The Hall–Kier alpha value is -2.53. The highest BCUT2D eigenvalue weighted by molar-refractivity contribution is 5.82. The van der Waals surface area contributed by atoms with Crippen molar-refractivity contribution in [2.75, 3.05) is 7.05 Å². The summed E-state index contributed by atoms with van der Waals surface area (Å²) in [5, 5.41) is 5.14. The van der Waals surface area contributed by atoms with Gasteiger partial charge in [-0.3, -0.25) is 0 Å². The van der Waals surface area contributed by atoms with Gasteiger partial charge in [0.2, 0.25) is 11.7 Å². The number of nitrogens with zero attached hydrogens (tertiary/aromatic N) is 2. The molecule has 2 heterocycles. The van der Waals surface area contributed by atoms with Crippen molar-refractivity contribution < 1.29 is 9.57 Å². The van der Waals surface area contributed by atoms with Gasteiger partial charge in [0.05, 0.1) is 5.56 Å². The van der Waals surface area contributed by atoms with Crippen LogP contribution in [0.25, 0.3) is 0 Å². The van der Waals surface area contributed by atoms with Crippen molar-refractivity contribution in [2.24, 2.45) is 4.99 Å². The van der Waals surface area contributed by atoms with Crippen molar-refractivity contribution in [1.29, 1.82) is 0 Å². The number of guanidine groups is 1. The average Bonchev–Trinajstić information content (AvgIpc) is 2.81. The number of rotatable bonds is 0. The summed E-state index contributed by atoms with van der Waals surface area (Å²) in [4.78, 5) is 11.4. The molecule has 0 aromatic heterocycles. The highest BCUT2D eigenvalue weighted by Gasteiger charge is 2.48. The quantitative estimate of drug-likeness (QED) is 0.800. The Labute approximate surface area is 148 Å². The maximum Gasteiger partial charge on any atom is 0.243 e. The van der Waals surface area contributed by atoms with Gasteiger partial charge in [0.15, 0.2) is 0 Å². The van der Waals surface area contributed by atoms with Crippen LogP contribution >= 0.6 is 0 Å². The lowest BCUT2D eigenvalue weighted by Gasteiger charge is -2.28. The molecular formula is C20H23N3O2. The molecule has 130 valence electrons. The molecule has 2 aromatic carbocycles. The number of aliphatic imine (C=N–C) groups is 1. The van der Waals surface area contributed by atoms with E-state index in [2.05, 4.69) is 38.2 Å². The van der Waals surface area contributed by atoms with E-state index in [1.165, 1.54) is 0 Å². The molecule has 2 aliphatic heterocycles. The highest BCUT2D eigenvalue weighted by Crippen LogP contribution is 2.46. The first-order valence-electron chi connectivity index (χ1n) is 8.51. The third-order valence-corrected chi connectivity index (χ3v) is 4.34. The normalized spacial score (nSPS) is 21.9. The molecule has 25 heavy (non-hydrogen) atoms. The average molecular weight is 337 g/mol.